The van der Waals surface area contributed by atoms with Gasteiger partial charge in [0, 0.05) is 11.4 Å². The van der Waals surface area contributed by atoms with E-state index in [1.54, 1.807) is 6.92 Å². The molecule has 5 nitrogen and oxygen atoms in total. The van der Waals surface area contributed by atoms with Gasteiger partial charge in [0.15, 0.2) is 0 Å². The van der Waals surface area contributed by atoms with Crippen molar-refractivity contribution in [2.75, 3.05) is 13.2 Å². The molecule has 1 fully saturated rings. The summed E-state index contributed by atoms with van der Waals surface area (Å²) in [6.07, 6.45) is 0. The molecule has 1 atom stereocenters. The van der Waals surface area contributed by atoms with Crippen LogP contribution in [0.1, 0.15) is 11.8 Å². The molecule has 1 saturated heterocycles. The van der Waals surface area contributed by atoms with E-state index in [2.05, 4.69) is 0 Å². The Morgan fingerprint density at radius 2 is 2.33 bits per heavy atom. The molecule has 0 bridgehead atoms. The number of carbonyl (C=O) groups is 3. The molecule has 0 aliphatic carbocycles. The number of thiophene rings is 1. The first-order valence-corrected chi connectivity index (χ1v) is 6.53. The second-order valence-electron chi connectivity index (χ2n) is 3.93. The Morgan fingerprint density at radius 1 is 1.56 bits per heavy atom. The summed E-state index contributed by atoms with van der Waals surface area (Å²) < 4.78 is 4.79. The first-order valence-electron chi connectivity index (χ1n) is 5.65. The van der Waals surface area contributed by atoms with E-state index in [0.717, 1.165) is 4.88 Å². The second-order valence-corrected chi connectivity index (χ2v) is 4.97. The molecule has 0 aromatic carbocycles. The quantitative estimate of drug-likeness (QED) is 0.460. The molecule has 1 aromatic rings. The molecule has 0 saturated carbocycles. The highest BCUT2D eigenvalue weighted by atomic mass is 32.1. The van der Waals surface area contributed by atoms with Crippen LogP contribution in [0.3, 0.4) is 0 Å². The first kappa shape index (κ1) is 12.8. The van der Waals surface area contributed by atoms with Crippen molar-refractivity contribution < 1.29 is 19.1 Å². The van der Waals surface area contributed by atoms with E-state index in [1.807, 2.05) is 17.5 Å². The third kappa shape index (κ3) is 2.43. The van der Waals surface area contributed by atoms with E-state index >= 15 is 0 Å². The van der Waals surface area contributed by atoms with Crippen molar-refractivity contribution in [3.63, 3.8) is 0 Å². The van der Waals surface area contributed by atoms with Crippen molar-refractivity contribution in [3.8, 4) is 0 Å². The molecule has 2 heterocycles. The standard InChI is InChI=1S/C12H13NO4S/c1-2-17-12(16)9-7-13(11(15)10(9)14)6-8-4-3-5-18-8/h3-5,9H,2,6-7H2,1H3. The van der Waals surface area contributed by atoms with E-state index in [4.69, 9.17) is 4.74 Å². The summed E-state index contributed by atoms with van der Waals surface area (Å²) in [4.78, 5) is 37.3. The number of likely N-dealkylation sites (tertiary alicyclic amines) is 1. The van der Waals surface area contributed by atoms with Gasteiger partial charge >= 0.3 is 5.97 Å². The molecule has 2 rings (SSSR count). The van der Waals surface area contributed by atoms with Crippen molar-refractivity contribution in [1.82, 2.24) is 4.90 Å². The van der Waals surface area contributed by atoms with Crippen LogP contribution in [-0.4, -0.2) is 35.7 Å². The highest BCUT2D eigenvalue weighted by Gasteiger charge is 2.43. The Bertz CT molecular complexity index is 468. The van der Waals surface area contributed by atoms with Crippen LogP contribution in [0, 0.1) is 5.92 Å². The van der Waals surface area contributed by atoms with Crippen LogP contribution in [-0.2, 0) is 25.7 Å². The van der Waals surface area contributed by atoms with Gasteiger partial charge in [-0.25, -0.2) is 0 Å². The number of ether oxygens (including phenoxy) is 1. The molecule has 1 amide bonds. The summed E-state index contributed by atoms with van der Waals surface area (Å²) in [6.45, 7) is 2.37. The van der Waals surface area contributed by atoms with Crippen molar-refractivity contribution in [1.29, 1.82) is 0 Å². The summed E-state index contributed by atoms with van der Waals surface area (Å²) in [6, 6.07) is 3.77. The Hall–Kier alpha value is -1.69. The molecule has 1 unspecified atom stereocenters. The predicted octanol–water partition coefficient (Wildman–Crippen LogP) is 0.839. The summed E-state index contributed by atoms with van der Waals surface area (Å²) in [5, 5.41) is 1.90. The topological polar surface area (TPSA) is 63.7 Å². The van der Waals surface area contributed by atoms with Crippen molar-refractivity contribution in [3.05, 3.63) is 22.4 Å². The van der Waals surface area contributed by atoms with Gasteiger partial charge in [-0.15, -0.1) is 11.3 Å². The van der Waals surface area contributed by atoms with Gasteiger partial charge in [0.05, 0.1) is 13.2 Å². The SMILES string of the molecule is CCOC(=O)C1CN(Cc2cccs2)C(=O)C1=O. The Labute approximate surface area is 108 Å². The lowest BCUT2D eigenvalue weighted by Crippen LogP contribution is -2.26. The average molecular weight is 267 g/mol. The summed E-state index contributed by atoms with van der Waals surface area (Å²) in [5.74, 6) is -2.83. The van der Waals surface area contributed by atoms with Gasteiger partial charge in [-0.1, -0.05) is 6.07 Å². The largest absolute Gasteiger partial charge is 0.465 e. The fraction of sp³-hybridized carbons (Fsp3) is 0.417. The van der Waals surface area contributed by atoms with Crippen LogP contribution in [0.5, 0.6) is 0 Å². The molecule has 0 spiro atoms. The van der Waals surface area contributed by atoms with Crippen LogP contribution in [0.15, 0.2) is 17.5 Å². The predicted molar refractivity (Wildman–Crippen MR) is 64.9 cm³/mol. The van der Waals surface area contributed by atoms with E-state index in [-0.39, 0.29) is 13.2 Å². The molecule has 0 N–H and O–H groups in total. The molecular formula is C12H13NO4S. The highest BCUT2D eigenvalue weighted by molar-refractivity contribution is 7.09. The number of rotatable bonds is 4. The molecule has 0 radical (unpaired) electrons. The van der Waals surface area contributed by atoms with Gasteiger partial charge in [0.25, 0.3) is 5.91 Å². The molecular weight excluding hydrogens is 254 g/mol. The zero-order chi connectivity index (χ0) is 13.1. The van der Waals surface area contributed by atoms with Crippen LogP contribution in [0.4, 0.5) is 0 Å². The Morgan fingerprint density at radius 3 is 2.94 bits per heavy atom. The number of amides is 1. The van der Waals surface area contributed by atoms with Crippen LogP contribution in [0.25, 0.3) is 0 Å². The minimum atomic E-state index is -0.961. The third-order valence-electron chi connectivity index (χ3n) is 2.72. The lowest BCUT2D eigenvalue weighted by molar-refractivity contribution is -0.151. The molecule has 96 valence electrons. The van der Waals surface area contributed by atoms with Crippen LogP contribution < -0.4 is 0 Å². The molecule has 18 heavy (non-hydrogen) atoms. The fourth-order valence-electron chi connectivity index (χ4n) is 1.84. The smallest absolute Gasteiger partial charge is 0.318 e. The van der Waals surface area contributed by atoms with E-state index in [9.17, 15) is 14.4 Å². The minimum absolute atomic E-state index is 0.119. The maximum absolute atomic E-state index is 11.7. The van der Waals surface area contributed by atoms with Gasteiger partial charge in [-0.2, -0.15) is 0 Å². The van der Waals surface area contributed by atoms with E-state index in [1.165, 1.54) is 16.2 Å². The number of Topliss-reactive ketones (excluding diaryl/α,β-unsaturated/α-hetero) is 1. The van der Waals surface area contributed by atoms with Gasteiger partial charge in [-0.05, 0) is 18.4 Å². The van der Waals surface area contributed by atoms with Gasteiger partial charge < -0.3 is 9.64 Å². The lowest BCUT2D eigenvalue weighted by atomic mass is 10.1. The Balaban J connectivity index is 2.05. The van der Waals surface area contributed by atoms with Crippen molar-refractivity contribution in [2.24, 2.45) is 5.92 Å². The van der Waals surface area contributed by atoms with E-state index < -0.39 is 23.6 Å². The third-order valence-corrected chi connectivity index (χ3v) is 3.58. The second kappa shape index (κ2) is 5.30. The van der Waals surface area contributed by atoms with E-state index in [0.29, 0.717) is 6.54 Å². The number of carbonyl (C=O) groups excluding carboxylic acids is 3. The zero-order valence-electron chi connectivity index (χ0n) is 9.92. The maximum atomic E-state index is 11.7. The van der Waals surface area contributed by atoms with Crippen LogP contribution >= 0.6 is 11.3 Å². The maximum Gasteiger partial charge on any atom is 0.318 e. The fourth-order valence-corrected chi connectivity index (χ4v) is 2.56. The molecule has 6 heteroatoms. The first-order chi connectivity index (χ1) is 8.63. The normalized spacial score (nSPS) is 19.4. The monoisotopic (exact) mass is 267 g/mol. The lowest BCUT2D eigenvalue weighted by Gasteiger charge is -2.13. The minimum Gasteiger partial charge on any atom is -0.465 e. The summed E-state index contributed by atoms with van der Waals surface area (Å²) in [7, 11) is 0. The Kier molecular flexibility index (Phi) is 3.76. The van der Waals surface area contributed by atoms with Crippen molar-refractivity contribution >= 4 is 29.0 Å². The number of ketones is 1. The number of hydrogen-bond acceptors (Lipinski definition) is 5. The number of nitrogens with zero attached hydrogens (tertiary/aromatic N) is 1. The number of esters is 1. The summed E-state index contributed by atoms with van der Waals surface area (Å²) in [5.41, 5.74) is 0. The van der Waals surface area contributed by atoms with Crippen LogP contribution in [0.2, 0.25) is 0 Å². The van der Waals surface area contributed by atoms with Gasteiger partial charge in [0.1, 0.15) is 5.92 Å². The molecule has 1 aliphatic rings. The van der Waals surface area contributed by atoms with Gasteiger partial charge in [-0.3, -0.25) is 14.4 Å². The summed E-state index contributed by atoms with van der Waals surface area (Å²) >= 11 is 1.51. The zero-order valence-corrected chi connectivity index (χ0v) is 10.7. The van der Waals surface area contributed by atoms with Crippen molar-refractivity contribution in [2.45, 2.75) is 13.5 Å². The molecule has 1 aliphatic heterocycles. The average Bonchev–Trinajstić information content (AvgIpc) is 2.93. The highest BCUT2D eigenvalue weighted by Crippen LogP contribution is 2.20. The molecule has 1 aromatic heterocycles. The van der Waals surface area contributed by atoms with Gasteiger partial charge in [0.2, 0.25) is 5.78 Å². The number of hydrogen-bond donors (Lipinski definition) is 0.